The fourth-order valence-electron chi connectivity index (χ4n) is 1.99. The maximum atomic E-state index is 11.9. The van der Waals surface area contributed by atoms with E-state index in [4.69, 9.17) is 4.18 Å². The van der Waals surface area contributed by atoms with Gasteiger partial charge in [0.2, 0.25) is 0 Å². The van der Waals surface area contributed by atoms with Crippen LogP contribution in [0.25, 0.3) is 0 Å². The molecule has 4 nitrogen and oxygen atoms in total. The molecule has 1 aromatic carbocycles. The summed E-state index contributed by atoms with van der Waals surface area (Å²) in [7, 11) is -3.75. The third-order valence-corrected chi connectivity index (χ3v) is 4.30. The highest BCUT2D eigenvalue weighted by molar-refractivity contribution is 7.86. The second kappa shape index (κ2) is 5.16. The molecule has 0 heterocycles. The van der Waals surface area contributed by atoms with Gasteiger partial charge in [0.1, 0.15) is 6.10 Å². The molecule has 2 unspecified atom stereocenters. The Morgan fingerprint density at radius 3 is 2.41 bits per heavy atom. The first kappa shape index (κ1) is 12.5. The van der Waals surface area contributed by atoms with Crippen molar-refractivity contribution >= 4 is 10.1 Å². The van der Waals surface area contributed by atoms with Gasteiger partial charge >= 0.3 is 0 Å². The van der Waals surface area contributed by atoms with Crippen molar-refractivity contribution in [3.63, 3.8) is 0 Å². The van der Waals surface area contributed by atoms with Crippen LogP contribution >= 0.6 is 0 Å². The fraction of sp³-hybridized carbons (Fsp3) is 0.500. The zero-order valence-electron chi connectivity index (χ0n) is 9.45. The summed E-state index contributed by atoms with van der Waals surface area (Å²) >= 11 is 0. The van der Waals surface area contributed by atoms with Crippen molar-refractivity contribution < 1.29 is 17.7 Å². The zero-order chi connectivity index (χ0) is 12.3. The van der Waals surface area contributed by atoms with E-state index in [1.54, 1.807) is 18.2 Å². The lowest BCUT2D eigenvalue weighted by Gasteiger charge is -2.26. The number of aliphatic hydroxyl groups is 1. The van der Waals surface area contributed by atoms with Gasteiger partial charge in [-0.05, 0) is 25.0 Å². The van der Waals surface area contributed by atoms with Gasteiger partial charge in [-0.15, -0.1) is 0 Å². The third-order valence-electron chi connectivity index (χ3n) is 2.95. The van der Waals surface area contributed by atoms with Crippen LogP contribution in [0.2, 0.25) is 0 Å². The van der Waals surface area contributed by atoms with E-state index < -0.39 is 22.3 Å². The summed E-state index contributed by atoms with van der Waals surface area (Å²) in [5.41, 5.74) is 0. The van der Waals surface area contributed by atoms with Crippen LogP contribution in [-0.4, -0.2) is 25.7 Å². The third kappa shape index (κ3) is 3.06. The first-order valence-corrected chi connectivity index (χ1v) is 7.17. The van der Waals surface area contributed by atoms with Gasteiger partial charge in [-0.1, -0.05) is 31.0 Å². The van der Waals surface area contributed by atoms with Gasteiger partial charge < -0.3 is 5.11 Å². The normalized spacial score (nSPS) is 25.7. The van der Waals surface area contributed by atoms with E-state index in [0.29, 0.717) is 12.8 Å². The van der Waals surface area contributed by atoms with Crippen molar-refractivity contribution in [3.05, 3.63) is 30.3 Å². The van der Waals surface area contributed by atoms with E-state index in [2.05, 4.69) is 0 Å². The molecule has 1 aliphatic carbocycles. The Balaban J connectivity index is 2.12. The Bertz CT molecular complexity index is 455. The molecule has 0 saturated heterocycles. The average Bonchev–Trinajstić information content (AvgIpc) is 2.33. The van der Waals surface area contributed by atoms with E-state index in [1.165, 1.54) is 12.1 Å². The van der Waals surface area contributed by atoms with Crippen LogP contribution in [0.4, 0.5) is 0 Å². The molecule has 94 valence electrons. The molecule has 0 aliphatic heterocycles. The van der Waals surface area contributed by atoms with E-state index >= 15 is 0 Å². The monoisotopic (exact) mass is 256 g/mol. The van der Waals surface area contributed by atoms with Gasteiger partial charge in [-0.3, -0.25) is 4.18 Å². The molecule has 1 aliphatic rings. The minimum absolute atomic E-state index is 0.137. The van der Waals surface area contributed by atoms with Crippen molar-refractivity contribution in [1.82, 2.24) is 0 Å². The van der Waals surface area contributed by atoms with Crippen LogP contribution in [0, 0.1) is 0 Å². The average molecular weight is 256 g/mol. The standard InChI is InChI=1S/C12H16O4S/c13-11-8-4-5-9-12(11)16-17(14,15)10-6-2-1-3-7-10/h1-3,6-7,11-13H,4-5,8-9H2. The van der Waals surface area contributed by atoms with E-state index in [0.717, 1.165) is 12.8 Å². The van der Waals surface area contributed by atoms with E-state index in [-0.39, 0.29) is 4.90 Å². The highest BCUT2D eigenvalue weighted by atomic mass is 32.2. The number of benzene rings is 1. The summed E-state index contributed by atoms with van der Waals surface area (Å²) in [4.78, 5) is 0.137. The molecule has 1 saturated carbocycles. The lowest BCUT2D eigenvalue weighted by Crippen LogP contribution is -2.34. The van der Waals surface area contributed by atoms with Gasteiger partial charge in [-0.25, -0.2) is 0 Å². The number of aliphatic hydroxyl groups excluding tert-OH is 1. The maximum absolute atomic E-state index is 11.9. The van der Waals surface area contributed by atoms with E-state index in [1.807, 2.05) is 0 Å². The summed E-state index contributed by atoms with van der Waals surface area (Å²) in [6, 6.07) is 8.02. The highest BCUT2D eigenvalue weighted by Gasteiger charge is 2.29. The van der Waals surface area contributed by atoms with Gasteiger partial charge in [0.15, 0.2) is 0 Å². The quantitative estimate of drug-likeness (QED) is 0.836. The van der Waals surface area contributed by atoms with Gasteiger partial charge in [-0.2, -0.15) is 8.42 Å². The lowest BCUT2D eigenvalue weighted by molar-refractivity contribution is 0.0105. The van der Waals surface area contributed by atoms with E-state index in [9.17, 15) is 13.5 Å². The van der Waals surface area contributed by atoms with Crippen LogP contribution in [0.3, 0.4) is 0 Å². The molecule has 5 heteroatoms. The molecule has 2 rings (SSSR count). The Morgan fingerprint density at radius 1 is 1.12 bits per heavy atom. The van der Waals surface area contributed by atoms with Gasteiger partial charge in [0, 0.05) is 0 Å². The second-order valence-corrected chi connectivity index (χ2v) is 5.83. The fourth-order valence-corrected chi connectivity index (χ4v) is 3.15. The van der Waals surface area contributed by atoms with Gasteiger partial charge in [0.05, 0.1) is 11.0 Å². The topological polar surface area (TPSA) is 63.6 Å². The molecular formula is C12H16O4S. The van der Waals surface area contributed by atoms with Crippen LogP contribution in [0.1, 0.15) is 25.7 Å². The SMILES string of the molecule is O=S(=O)(OC1CCCCC1O)c1ccccc1. The van der Waals surface area contributed by atoms with Crippen molar-refractivity contribution in [2.75, 3.05) is 0 Å². The Kier molecular flexibility index (Phi) is 3.81. The summed E-state index contributed by atoms with van der Waals surface area (Å²) in [5.74, 6) is 0. The molecule has 1 fully saturated rings. The molecule has 2 atom stereocenters. The summed E-state index contributed by atoms with van der Waals surface area (Å²) in [6.45, 7) is 0. The van der Waals surface area contributed by atoms with Gasteiger partial charge in [0.25, 0.3) is 10.1 Å². The molecule has 0 radical (unpaired) electrons. The van der Waals surface area contributed by atoms with Crippen molar-refractivity contribution in [3.8, 4) is 0 Å². The van der Waals surface area contributed by atoms with Crippen LogP contribution in [0.5, 0.6) is 0 Å². The Labute approximate surface area is 101 Å². The number of hydrogen-bond donors (Lipinski definition) is 1. The smallest absolute Gasteiger partial charge is 0.297 e. The molecule has 0 aromatic heterocycles. The summed E-state index contributed by atoms with van der Waals surface area (Å²) < 4.78 is 28.9. The minimum atomic E-state index is -3.75. The molecular weight excluding hydrogens is 240 g/mol. The first-order chi connectivity index (χ1) is 8.09. The highest BCUT2D eigenvalue weighted by Crippen LogP contribution is 2.24. The zero-order valence-corrected chi connectivity index (χ0v) is 10.3. The molecule has 1 aromatic rings. The second-order valence-electron chi connectivity index (χ2n) is 4.25. The number of hydrogen-bond acceptors (Lipinski definition) is 4. The first-order valence-electron chi connectivity index (χ1n) is 5.76. The predicted octanol–water partition coefficient (Wildman–Crippen LogP) is 1.70. The summed E-state index contributed by atoms with van der Waals surface area (Å²) in [6.07, 6.45) is 1.73. The number of rotatable bonds is 3. The van der Waals surface area contributed by atoms with Crippen molar-refractivity contribution in [2.45, 2.75) is 42.8 Å². The molecule has 0 amide bonds. The Hall–Kier alpha value is -0.910. The molecule has 1 N–H and O–H groups in total. The predicted molar refractivity (Wildman–Crippen MR) is 63.0 cm³/mol. The molecule has 0 bridgehead atoms. The largest absolute Gasteiger partial charge is 0.390 e. The Morgan fingerprint density at radius 2 is 1.76 bits per heavy atom. The van der Waals surface area contributed by atoms with Crippen LogP contribution in [0.15, 0.2) is 35.2 Å². The minimum Gasteiger partial charge on any atom is -0.390 e. The van der Waals surface area contributed by atoms with Crippen LogP contribution in [-0.2, 0) is 14.3 Å². The molecule has 0 spiro atoms. The van der Waals surface area contributed by atoms with Crippen molar-refractivity contribution in [1.29, 1.82) is 0 Å². The van der Waals surface area contributed by atoms with Crippen molar-refractivity contribution in [2.24, 2.45) is 0 Å². The molecule has 17 heavy (non-hydrogen) atoms. The lowest BCUT2D eigenvalue weighted by atomic mass is 9.95. The summed E-state index contributed by atoms with van der Waals surface area (Å²) in [5, 5.41) is 9.69. The van der Waals surface area contributed by atoms with Crippen LogP contribution < -0.4 is 0 Å². The maximum Gasteiger partial charge on any atom is 0.297 e.